The van der Waals surface area contributed by atoms with Crippen molar-refractivity contribution in [2.75, 3.05) is 19.7 Å². The van der Waals surface area contributed by atoms with Crippen LogP contribution in [0.4, 0.5) is 0 Å². The van der Waals surface area contributed by atoms with Gasteiger partial charge in [-0.1, -0.05) is 11.6 Å². The molecule has 2 aliphatic rings. The first-order valence-electron chi connectivity index (χ1n) is 7.31. The Morgan fingerprint density at radius 3 is 3.10 bits per heavy atom. The maximum Gasteiger partial charge on any atom is 0.222 e. The molecule has 20 heavy (non-hydrogen) atoms. The predicted octanol–water partition coefficient (Wildman–Crippen LogP) is 2.27. The number of amides is 1. The molecular formula is C14H20ClN3O2. The standard InChI is InChI=1S/C14H20ClN3O2/c15-11-8-16-18(9-11)12-5-6-17(10-12)14(19)4-3-13-2-1-7-20-13/h8-9,12-13H,1-7,10H2. The van der Waals surface area contributed by atoms with E-state index in [4.69, 9.17) is 16.3 Å². The first-order chi connectivity index (χ1) is 9.72. The molecule has 5 nitrogen and oxygen atoms in total. The second kappa shape index (κ2) is 6.14. The zero-order chi connectivity index (χ0) is 13.9. The number of hydrogen-bond donors (Lipinski definition) is 0. The Morgan fingerprint density at radius 1 is 1.50 bits per heavy atom. The van der Waals surface area contributed by atoms with Crippen LogP contribution in [0.15, 0.2) is 12.4 Å². The predicted molar refractivity (Wildman–Crippen MR) is 75.7 cm³/mol. The van der Waals surface area contributed by atoms with Gasteiger partial charge in [0.1, 0.15) is 0 Å². The van der Waals surface area contributed by atoms with Gasteiger partial charge in [0, 0.05) is 32.3 Å². The van der Waals surface area contributed by atoms with Crippen molar-refractivity contribution in [2.45, 2.75) is 44.2 Å². The van der Waals surface area contributed by atoms with Crippen molar-refractivity contribution in [3.63, 3.8) is 0 Å². The zero-order valence-electron chi connectivity index (χ0n) is 11.5. The highest BCUT2D eigenvalue weighted by Gasteiger charge is 2.28. The molecule has 6 heteroatoms. The van der Waals surface area contributed by atoms with E-state index in [0.29, 0.717) is 17.5 Å². The quantitative estimate of drug-likeness (QED) is 0.856. The number of halogens is 1. The molecule has 0 N–H and O–H groups in total. The van der Waals surface area contributed by atoms with Gasteiger partial charge in [-0.3, -0.25) is 9.48 Å². The van der Waals surface area contributed by atoms with E-state index in [-0.39, 0.29) is 11.9 Å². The number of carbonyl (C=O) groups excluding carboxylic acids is 1. The van der Waals surface area contributed by atoms with Gasteiger partial charge in [0.05, 0.1) is 23.4 Å². The minimum Gasteiger partial charge on any atom is -0.378 e. The number of ether oxygens (including phenoxy) is 1. The molecule has 0 saturated carbocycles. The molecule has 2 saturated heterocycles. The number of carbonyl (C=O) groups is 1. The summed E-state index contributed by atoms with van der Waals surface area (Å²) in [7, 11) is 0. The number of aromatic nitrogens is 2. The van der Waals surface area contributed by atoms with E-state index in [1.54, 1.807) is 6.20 Å². The van der Waals surface area contributed by atoms with E-state index in [1.165, 1.54) is 0 Å². The fraction of sp³-hybridized carbons (Fsp3) is 0.714. The van der Waals surface area contributed by atoms with Gasteiger partial charge in [-0.25, -0.2) is 0 Å². The average molecular weight is 298 g/mol. The lowest BCUT2D eigenvalue weighted by atomic mass is 10.1. The van der Waals surface area contributed by atoms with Crippen molar-refractivity contribution in [2.24, 2.45) is 0 Å². The number of hydrogen-bond acceptors (Lipinski definition) is 3. The lowest BCUT2D eigenvalue weighted by Gasteiger charge is -2.17. The molecule has 2 atom stereocenters. The van der Waals surface area contributed by atoms with E-state index >= 15 is 0 Å². The first kappa shape index (κ1) is 13.9. The summed E-state index contributed by atoms with van der Waals surface area (Å²) >= 11 is 5.88. The smallest absolute Gasteiger partial charge is 0.222 e. The summed E-state index contributed by atoms with van der Waals surface area (Å²) < 4.78 is 7.43. The van der Waals surface area contributed by atoms with Gasteiger partial charge < -0.3 is 9.64 Å². The highest BCUT2D eigenvalue weighted by molar-refractivity contribution is 6.30. The molecule has 0 radical (unpaired) electrons. The fourth-order valence-electron chi connectivity index (χ4n) is 3.01. The van der Waals surface area contributed by atoms with E-state index < -0.39 is 0 Å². The van der Waals surface area contributed by atoms with Crippen LogP contribution >= 0.6 is 11.6 Å². The summed E-state index contributed by atoms with van der Waals surface area (Å²) in [6.45, 7) is 2.40. The van der Waals surface area contributed by atoms with Crippen LogP contribution in [0.3, 0.4) is 0 Å². The van der Waals surface area contributed by atoms with Crippen LogP contribution in [-0.4, -0.2) is 46.4 Å². The fourth-order valence-corrected chi connectivity index (χ4v) is 3.16. The maximum absolute atomic E-state index is 12.2. The molecule has 0 bridgehead atoms. The van der Waals surface area contributed by atoms with E-state index in [0.717, 1.165) is 45.4 Å². The summed E-state index contributed by atoms with van der Waals surface area (Å²) in [5.41, 5.74) is 0. The molecule has 1 amide bonds. The summed E-state index contributed by atoms with van der Waals surface area (Å²) in [4.78, 5) is 14.1. The molecule has 2 unspecified atom stereocenters. The lowest BCUT2D eigenvalue weighted by Crippen LogP contribution is -2.29. The zero-order valence-corrected chi connectivity index (χ0v) is 12.3. The van der Waals surface area contributed by atoms with Crippen molar-refractivity contribution < 1.29 is 9.53 Å². The summed E-state index contributed by atoms with van der Waals surface area (Å²) in [6.07, 6.45) is 8.39. The molecule has 1 aromatic rings. The molecular weight excluding hydrogens is 278 g/mol. The Morgan fingerprint density at radius 2 is 2.40 bits per heavy atom. The van der Waals surface area contributed by atoms with Crippen molar-refractivity contribution in [3.05, 3.63) is 17.4 Å². The van der Waals surface area contributed by atoms with Gasteiger partial charge >= 0.3 is 0 Å². The number of rotatable bonds is 4. The van der Waals surface area contributed by atoms with Gasteiger partial charge in [0.25, 0.3) is 0 Å². The van der Waals surface area contributed by atoms with Gasteiger partial charge in [0.15, 0.2) is 0 Å². The third kappa shape index (κ3) is 3.15. The molecule has 0 aliphatic carbocycles. The Bertz CT molecular complexity index is 471. The number of likely N-dealkylation sites (tertiary alicyclic amines) is 1. The number of nitrogens with zero attached hydrogens (tertiary/aromatic N) is 3. The molecule has 3 heterocycles. The normalized spacial score (nSPS) is 26.4. The highest BCUT2D eigenvalue weighted by Crippen LogP contribution is 2.24. The van der Waals surface area contributed by atoms with Crippen molar-refractivity contribution >= 4 is 17.5 Å². The Kier molecular flexibility index (Phi) is 4.27. The monoisotopic (exact) mass is 297 g/mol. The Hall–Kier alpha value is -1.07. The third-order valence-corrected chi connectivity index (χ3v) is 4.36. The average Bonchev–Trinajstić information content (AvgIpc) is 3.16. The van der Waals surface area contributed by atoms with Crippen LogP contribution in [0.1, 0.15) is 38.1 Å². The lowest BCUT2D eigenvalue weighted by molar-refractivity contribution is -0.130. The van der Waals surface area contributed by atoms with Crippen molar-refractivity contribution in [1.82, 2.24) is 14.7 Å². The Balaban J connectivity index is 1.47. The van der Waals surface area contributed by atoms with Gasteiger partial charge in [-0.2, -0.15) is 5.10 Å². The minimum absolute atomic E-state index is 0.237. The second-order valence-corrected chi connectivity index (χ2v) is 6.03. The van der Waals surface area contributed by atoms with Crippen LogP contribution in [-0.2, 0) is 9.53 Å². The van der Waals surface area contributed by atoms with E-state index in [2.05, 4.69) is 5.10 Å². The van der Waals surface area contributed by atoms with E-state index in [9.17, 15) is 4.79 Å². The Labute approximate surface area is 123 Å². The maximum atomic E-state index is 12.2. The minimum atomic E-state index is 0.237. The summed E-state index contributed by atoms with van der Waals surface area (Å²) in [5.74, 6) is 0.237. The van der Waals surface area contributed by atoms with Crippen molar-refractivity contribution in [1.29, 1.82) is 0 Å². The molecule has 110 valence electrons. The first-order valence-corrected chi connectivity index (χ1v) is 7.69. The molecule has 2 fully saturated rings. The van der Waals surface area contributed by atoms with Crippen LogP contribution in [0.25, 0.3) is 0 Å². The third-order valence-electron chi connectivity index (χ3n) is 4.16. The van der Waals surface area contributed by atoms with E-state index in [1.807, 2.05) is 15.8 Å². The largest absolute Gasteiger partial charge is 0.378 e. The van der Waals surface area contributed by atoms with Crippen LogP contribution in [0, 0.1) is 0 Å². The molecule has 1 aromatic heterocycles. The van der Waals surface area contributed by atoms with Gasteiger partial charge in [0.2, 0.25) is 5.91 Å². The molecule has 2 aliphatic heterocycles. The summed E-state index contributed by atoms with van der Waals surface area (Å²) in [6, 6.07) is 0.259. The SMILES string of the molecule is O=C(CCC1CCCO1)N1CCC(n2cc(Cl)cn2)C1. The molecule has 0 spiro atoms. The highest BCUT2D eigenvalue weighted by atomic mass is 35.5. The van der Waals surface area contributed by atoms with Gasteiger partial charge in [-0.15, -0.1) is 0 Å². The second-order valence-electron chi connectivity index (χ2n) is 5.59. The van der Waals surface area contributed by atoms with Crippen LogP contribution in [0.2, 0.25) is 5.02 Å². The van der Waals surface area contributed by atoms with Gasteiger partial charge in [-0.05, 0) is 25.7 Å². The van der Waals surface area contributed by atoms with Crippen LogP contribution in [0.5, 0.6) is 0 Å². The summed E-state index contributed by atoms with van der Waals surface area (Å²) in [5, 5.41) is 4.87. The topological polar surface area (TPSA) is 47.4 Å². The van der Waals surface area contributed by atoms with Crippen molar-refractivity contribution in [3.8, 4) is 0 Å². The molecule has 0 aromatic carbocycles. The molecule has 3 rings (SSSR count). The van der Waals surface area contributed by atoms with Crippen LogP contribution < -0.4 is 0 Å².